The third-order valence-corrected chi connectivity index (χ3v) is 5.96. The van der Waals surface area contributed by atoms with Gasteiger partial charge in [-0.25, -0.2) is 4.98 Å². The largest absolute Gasteiger partial charge is 0.361 e. The lowest BCUT2D eigenvalue weighted by Crippen LogP contribution is -2.22. The lowest BCUT2D eigenvalue weighted by Gasteiger charge is -2.15. The van der Waals surface area contributed by atoms with Gasteiger partial charge in [0.1, 0.15) is 12.4 Å². The molecular weight excluding hydrogens is 354 g/mol. The molecule has 0 fully saturated rings. The number of halogens is 1. The van der Waals surface area contributed by atoms with E-state index in [1.165, 1.54) is 0 Å². The molecule has 25 heavy (non-hydrogen) atoms. The van der Waals surface area contributed by atoms with Gasteiger partial charge in [0.2, 0.25) is 5.28 Å². The topological polar surface area (TPSA) is 57.8 Å². The van der Waals surface area contributed by atoms with Gasteiger partial charge in [-0.15, -0.1) is 0 Å². The molecule has 0 amide bonds. The molecule has 3 aromatic rings. The summed E-state index contributed by atoms with van der Waals surface area (Å²) in [7, 11) is 0.789. The number of aromatic nitrogens is 5. The van der Waals surface area contributed by atoms with Gasteiger partial charge in [0.05, 0.1) is 11.9 Å². The average Bonchev–Trinajstić information content (AvgIpc) is 3.06. The van der Waals surface area contributed by atoms with Crippen molar-refractivity contribution in [2.45, 2.75) is 39.3 Å². The standard InChI is InChI=1S/C17H24ClN5OSi/c1-12-9-23(11-24-6-7-25(3,4)5)16-14(12)15(20-17(18)21-16)13-8-19-22(2)10-13/h8-10H,6-7,11H2,1-5H3. The first-order valence-electron chi connectivity index (χ1n) is 8.34. The predicted molar refractivity (Wildman–Crippen MR) is 104 cm³/mol. The highest BCUT2D eigenvalue weighted by molar-refractivity contribution is 6.76. The second kappa shape index (κ2) is 6.90. The van der Waals surface area contributed by atoms with Gasteiger partial charge in [-0.2, -0.15) is 10.1 Å². The number of nitrogens with zero attached hydrogens (tertiary/aromatic N) is 5. The molecule has 8 heteroatoms. The monoisotopic (exact) mass is 377 g/mol. The Bertz CT molecular complexity index is 896. The number of ether oxygens (including phenoxy) is 1. The second-order valence-corrected chi connectivity index (χ2v) is 13.5. The van der Waals surface area contributed by atoms with E-state index >= 15 is 0 Å². The van der Waals surface area contributed by atoms with Crippen LogP contribution >= 0.6 is 11.6 Å². The SMILES string of the molecule is Cc1cn(COCC[Si](C)(C)C)c2nc(Cl)nc(-c3cnn(C)c3)c12. The van der Waals surface area contributed by atoms with Gasteiger partial charge in [-0.3, -0.25) is 4.68 Å². The summed E-state index contributed by atoms with van der Waals surface area (Å²) < 4.78 is 9.64. The molecule has 0 unspecified atom stereocenters. The van der Waals surface area contributed by atoms with Crippen LogP contribution in [0.1, 0.15) is 5.56 Å². The van der Waals surface area contributed by atoms with Crippen LogP contribution in [0.25, 0.3) is 22.3 Å². The predicted octanol–water partition coefficient (Wildman–Crippen LogP) is 4.11. The molecule has 0 aliphatic carbocycles. The lowest BCUT2D eigenvalue weighted by molar-refractivity contribution is 0.0898. The molecule has 6 nitrogen and oxygen atoms in total. The highest BCUT2D eigenvalue weighted by Crippen LogP contribution is 2.30. The Morgan fingerprint density at radius 1 is 1.20 bits per heavy atom. The third-order valence-electron chi connectivity index (χ3n) is 4.08. The van der Waals surface area contributed by atoms with Crippen LogP contribution in [0.3, 0.4) is 0 Å². The van der Waals surface area contributed by atoms with Crippen LogP contribution in [0, 0.1) is 6.92 Å². The minimum absolute atomic E-state index is 0.229. The van der Waals surface area contributed by atoms with Crippen LogP contribution in [-0.4, -0.2) is 39.0 Å². The minimum atomic E-state index is -1.09. The third kappa shape index (κ3) is 4.11. The molecule has 0 bridgehead atoms. The zero-order chi connectivity index (χ0) is 18.2. The number of rotatable bonds is 6. The van der Waals surface area contributed by atoms with Gasteiger partial charge in [0, 0.05) is 45.1 Å². The van der Waals surface area contributed by atoms with E-state index in [9.17, 15) is 0 Å². The first-order valence-corrected chi connectivity index (χ1v) is 12.4. The number of hydrogen-bond acceptors (Lipinski definition) is 4. The Labute approximate surface area is 153 Å². The first kappa shape index (κ1) is 18.1. The molecule has 134 valence electrons. The summed E-state index contributed by atoms with van der Waals surface area (Å²) in [6.07, 6.45) is 5.77. The summed E-state index contributed by atoms with van der Waals surface area (Å²) in [6, 6.07) is 1.14. The van der Waals surface area contributed by atoms with Gasteiger partial charge >= 0.3 is 0 Å². The van der Waals surface area contributed by atoms with Gasteiger partial charge in [-0.1, -0.05) is 19.6 Å². The number of aryl methyl sites for hydroxylation is 2. The Morgan fingerprint density at radius 3 is 2.60 bits per heavy atom. The Hall–Kier alpha value is -1.70. The lowest BCUT2D eigenvalue weighted by atomic mass is 10.1. The number of fused-ring (bicyclic) bond motifs is 1. The van der Waals surface area contributed by atoms with Crippen molar-refractivity contribution in [3.05, 3.63) is 29.4 Å². The van der Waals surface area contributed by atoms with E-state index in [4.69, 9.17) is 16.3 Å². The van der Waals surface area contributed by atoms with Crippen LogP contribution in [0.2, 0.25) is 31.0 Å². The molecule has 3 aromatic heterocycles. The number of hydrogen-bond donors (Lipinski definition) is 0. The molecule has 0 saturated carbocycles. The Morgan fingerprint density at radius 2 is 1.96 bits per heavy atom. The van der Waals surface area contributed by atoms with E-state index in [1.54, 1.807) is 10.9 Å². The molecular formula is C17H24ClN5OSi. The average molecular weight is 378 g/mol. The molecule has 0 radical (unpaired) electrons. The maximum Gasteiger partial charge on any atom is 0.224 e. The summed E-state index contributed by atoms with van der Waals surface area (Å²) in [5, 5.41) is 5.46. The summed E-state index contributed by atoms with van der Waals surface area (Å²) in [5.74, 6) is 0. The van der Waals surface area contributed by atoms with Crippen LogP contribution in [0.15, 0.2) is 18.6 Å². The smallest absolute Gasteiger partial charge is 0.224 e. The molecule has 3 heterocycles. The van der Waals surface area contributed by atoms with Crippen molar-refractivity contribution < 1.29 is 4.74 Å². The van der Waals surface area contributed by atoms with E-state index < -0.39 is 8.07 Å². The maximum atomic E-state index is 6.18. The maximum absolute atomic E-state index is 6.18. The Kier molecular flexibility index (Phi) is 4.99. The molecule has 0 aromatic carbocycles. The van der Waals surface area contributed by atoms with Gasteiger partial charge < -0.3 is 9.30 Å². The first-order chi connectivity index (χ1) is 11.7. The summed E-state index contributed by atoms with van der Waals surface area (Å²) >= 11 is 6.18. The van der Waals surface area contributed by atoms with Crippen molar-refractivity contribution in [3.8, 4) is 11.3 Å². The van der Waals surface area contributed by atoms with Crippen LogP contribution in [-0.2, 0) is 18.5 Å². The minimum Gasteiger partial charge on any atom is -0.361 e. The highest BCUT2D eigenvalue weighted by atomic mass is 35.5. The van der Waals surface area contributed by atoms with E-state index in [-0.39, 0.29) is 5.28 Å². The normalized spacial score (nSPS) is 12.2. The van der Waals surface area contributed by atoms with Crippen LogP contribution < -0.4 is 0 Å². The van der Waals surface area contributed by atoms with Gasteiger partial charge in [0.25, 0.3) is 0 Å². The highest BCUT2D eigenvalue weighted by Gasteiger charge is 2.17. The van der Waals surface area contributed by atoms with Crippen LogP contribution in [0.5, 0.6) is 0 Å². The van der Waals surface area contributed by atoms with Crippen molar-refractivity contribution in [2.75, 3.05) is 6.61 Å². The molecule has 0 aliphatic heterocycles. The van der Waals surface area contributed by atoms with E-state index in [0.29, 0.717) is 6.73 Å². The van der Waals surface area contributed by atoms with Crippen LogP contribution in [0.4, 0.5) is 0 Å². The molecule has 0 spiro atoms. The Balaban J connectivity index is 1.93. The molecule has 0 atom stereocenters. The zero-order valence-electron chi connectivity index (χ0n) is 15.4. The molecule has 0 saturated heterocycles. The summed E-state index contributed by atoms with van der Waals surface area (Å²) in [5.41, 5.74) is 3.63. The fourth-order valence-electron chi connectivity index (χ4n) is 2.74. The molecule has 0 N–H and O–H groups in total. The van der Waals surface area contributed by atoms with Crippen molar-refractivity contribution in [2.24, 2.45) is 7.05 Å². The molecule has 3 rings (SSSR count). The molecule has 0 aliphatic rings. The fraction of sp³-hybridized carbons (Fsp3) is 0.471. The van der Waals surface area contributed by atoms with Gasteiger partial charge in [-0.05, 0) is 30.1 Å². The fourth-order valence-corrected chi connectivity index (χ4v) is 3.67. The van der Waals surface area contributed by atoms with Crippen molar-refractivity contribution in [3.63, 3.8) is 0 Å². The van der Waals surface area contributed by atoms with E-state index in [0.717, 1.165) is 40.5 Å². The van der Waals surface area contributed by atoms with Gasteiger partial charge in [0.15, 0.2) is 0 Å². The summed E-state index contributed by atoms with van der Waals surface area (Å²) in [6.45, 7) is 10.3. The van der Waals surface area contributed by atoms with E-state index in [1.807, 2.05) is 24.0 Å². The second-order valence-electron chi connectivity index (χ2n) is 7.57. The quantitative estimate of drug-likeness (QED) is 0.368. The van der Waals surface area contributed by atoms with Crippen molar-refractivity contribution >= 4 is 30.7 Å². The summed E-state index contributed by atoms with van der Waals surface area (Å²) in [4.78, 5) is 8.88. The van der Waals surface area contributed by atoms with Crippen molar-refractivity contribution in [1.29, 1.82) is 0 Å². The van der Waals surface area contributed by atoms with E-state index in [2.05, 4.69) is 41.6 Å². The zero-order valence-corrected chi connectivity index (χ0v) is 17.1. The van der Waals surface area contributed by atoms with Crippen molar-refractivity contribution in [1.82, 2.24) is 24.3 Å².